The second kappa shape index (κ2) is 14.1. The van der Waals surface area contributed by atoms with Gasteiger partial charge in [-0.05, 0) is 36.8 Å². The second-order valence-corrected chi connectivity index (χ2v) is 13.1. The van der Waals surface area contributed by atoms with Gasteiger partial charge in [-0.25, -0.2) is 14.3 Å². The van der Waals surface area contributed by atoms with E-state index in [0.29, 0.717) is 22.3 Å². The molecule has 3 amide bonds. The summed E-state index contributed by atoms with van der Waals surface area (Å²) >= 11 is 2.92. The average molecular weight is 710 g/mol. The van der Waals surface area contributed by atoms with Crippen LogP contribution in [0.3, 0.4) is 0 Å². The number of aromatic nitrogens is 6. The Morgan fingerprint density at radius 3 is 2.63 bits per heavy atom. The number of fused-ring (bicyclic) bond motifs is 1. The first kappa shape index (κ1) is 34.7. The first-order valence-electron chi connectivity index (χ1n) is 13.0. The second-order valence-electron chi connectivity index (χ2n) is 10.3. The summed E-state index contributed by atoms with van der Waals surface area (Å²) in [6.07, 6.45) is -5.36. The molecule has 24 heteroatoms. The summed E-state index contributed by atoms with van der Waals surface area (Å²) in [6.45, 7) is 3.71. The number of alkyl halides is 3. The van der Waals surface area contributed by atoms with Crippen LogP contribution < -0.4 is 16.4 Å². The number of aliphatic carboxylic acids is 1. The van der Waals surface area contributed by atoms with E-state index in [0.717, 1.165) is 28.4 Å². The van der Waals surface area contributed by atoms with E-state index in [4.69, 9.17) is 10.5 Å². The summed E-state index contributed by atoms with van der Waals surface area (Å²) in [7, 11) is 0. The number of carboxylic acids is 1. The summed E-state index contributed by atoms with van der Waals surface area (Å²) in [5, 5.41) is 28.9. The number of anilines is 1. The number of alkyl carbamates (subject to hydrolysis) is 1. The number of hydrogen-bond acceptors (Lipinski definition) is 16. The van der Waals surface area contributed by atoms with Gasteiger partial charge >= 0.3 is 18.2 Å². The molecule has 2 aromatic rings. The largest absolute Gasteiger partial charge is 0.477 e. The predicted octanol–water partition coefficient (Wildman–Crippen LogP) is 0.445. The third-order valence-corrected chi connectivity index (χ3v) is 8.58. The molecule has 250 valence electrons. The van der Waals surface area contributed by atoms with Crippen molar-refractivity contribution in [1.82, 2.24) is 45.1 Å². The van der Waals surface area contributed by atoms with Gasteiger partial charge < -0.3 is 31.0 Å². The van der Waals surface area contributed by atoms with E-state index >= 15 is 0 Å². The van der Waals surface area contributed by atoms with Crippen LogP contribution in [0.15, 0.2) is 21.6 Å². The molecule has 5 N–H and O–H groups in total. The summed E-state index contributed by atoms with van der Waals surface area (Å²) < 4.78 is 48.0. The van der Waals surface area contributed by atoms with Crippen molar-refractivity contribution in [3.63, 3.8) is 0 Å². The van der Waals surface area contributed by atoms with Crippen molar-refractivity contribution in [1.29, 1.82) is 0 Å². The number of thioether (sulfide) groups is 2. The lowest BCUT2D eigenvalue weighted by molar-refractivity contribution is -0.174. The predicted molar refractivity (Wildman–Crippen MR) is 155 cm³/mol. The number of tetrazole rings is 1. The molecule has 0 radical (unpaired) electrons. The Morgan fingerprint density at radius 1 is 1.26 bits per heavy atom. The lowest BCUT2D eigenvalue weighted by atomic mass is 10.0. The number of ether oxygens (including phenoxy) is 1. The first-order chi connectivity index (χ1) is 21.5. The van der Waals surface area contributed by atoms with Crippen molar-refractivity contribution in [2.75, 3.05) is 30.4 Å². The fraction of sp³-hybridized carbons (Fsp3) is 0.545. The molecular formula is C22H26F3N11O7S3. The van der Waals surface area contributed by atoms with E-state index in [1.807, 2.05) is 0 Å². The van der Waals surface area contributed by atoms with Crippen LogP contribution in [0.25, 0.3) is 0 Å². The van der Waals surface area contributed by atoms with E-state index < -0.39 is 65.2 Å². The van der Waals surface area contributed by atoms with Gasteiger partial charge in [0.15, 0.2) is 5.13 Å². The van der Waals surface area contributed by atoms with Crippen molar-refractivity contribution in [3.8, 4) is 0 Å². The van der Waals surface area contributed by atoms with Crippen molar-refractivity contribution < 1.29 is 47.0 Å². The molecule has 1 unspecified atom stereocenters. The average Bonchev–Trinajstić information content (AvgIpc) is 3.58. The third kappa shape index (κ3) is 8.74. The fourth-order valence-corrected chi connectivity index (χ4v) is 6.68. The molecule has 4 rings (SSSR count). The standard InChI is InChI=1S/C22H26F3N11O7S3/c1-21(2,3)43-20(41)27-4-5-35-19(30-33-34-35)45-7-9-6-44-16-11(15(38)36(16)12(9)17(39)40)28-14(37)10(13-29-18(26)46-32-13)31-42-8-22(23,24)25/h11,16H,4-8H2,1-3H3,(H,27,41)(H,28,37)(H,39,40)(H2,26,29,32)/t11?,16-/m0/s1. The Hall–Kier alpha value is -4.19. The number of hydrogen-bond donors (Lipinski definition) is 4. The zero-order chi connectivity index (χ0) is 33.8. The van der Waals surface area contributed by atoms with E-state index in [-0.39, 0.29) is 35.4 Å². The van der Waals surface area contributed by atoms with Crippen LogP contribution in [0.5, 0.6) is 0 Å². The van der Waals surface area contributed by atoms with Gasteiger partial charge in [-0.2, -0.15) is 22.5 Å². The quantitative estimate of drug-likeness (QED) is 0.101. The van der Waals surface area contributed by atoms with Crippen LogP contribution >= 0.6 is 35.1 Å². The lowest BCUT2D eigenvalue weighted by Crippen LogP contribution is -2.71. The number of nitrogens with two attached hydrogens (primary N) is 1. The minimum Gasteiger partial charge on any atom is -0.477 e. The number of carbonyl (C=O) groups excluding carboxylic acids is 3. The Morgan fingerprint density at radius 2 is 2.00 bits per heavy atom. The van der Waals surface area contributed by atoms with Crippen LogP contribution in [0.1, 0.15) is 26.6 Å². The van der Waals surface area contributed by atoms with Gasteiger partial charge in [0.2, 0.25) is 23.3 Å². The summed E-state index contributed by atoms with van der Waals surface area (Å²) in [5.41, 5.74) is 4.18. The Kier molecular flexibility index (Phi) is 10.6. The molecule has 1 saturated heterocycles. The van der Waals surface area contributed by atoms with E-state index in [1.165, 1.54) is 4.68 Å². The number of carbonyl (C=O) groups is 4. The molecule has 46 heavy (non-hydrogen) atoms. The van der Waals surface area contributed by atoms with Crippen molar-refractivity contribution in [2.24, 2.45) is 5.16 Å². The molecule has 2 aromatic heterocycles. The minimum atomic E-state index is -4.75. The summed E-state index contributed by atoms with van der Waals surface area (Å²) in [4.78, 5) is 59.2. The van der Waals surface area contributed by atoms with Gasteiger partial charge in [0.1, 0.15) is 22.7 Å². The number of nitrogens with one attached hydrogen (secondary N) is 2. The number of carboxylic acid groups (broad SMARTS) is 1. The maximum atomic E-state index is 13.1. The Balaban J connectivity index is 1.40. The highest BCUT2D eigenvalue weighted by Crippen LogP contribution is 2.41. The van der Waals surface area contributed by atoms with E-state index in [9.17, 15) is 37.5 Å². The number of amides is 3. The molecule has 18 nitrogen and oxygen atoms in total. The van der Waals surface area contributed by atoms with E-state index in [2.05, 4.69) is 45.5 Å². The minimum absolute atomic E-state index is 0.0896. The molecule has 4 heterocycles. The topological polar surface area (TPSA) is 242 Å². The van der Waals surface area contributed by atoms with Crippen molar-refractivity contribution >= 4 is 69.8 Å². The highest BCUT2D eigenvalue weighted by Gasteiger charge is 2.54. The number of β-lactam (4-membered cyclic amide) rings is 1. The van der Waals surface area contributed by atoms with Crippen molar-refractivity contribution in [3.05, 3.63) is 17.1 Å². The molecule has 0 aromatic carbocycles. The van der Waals surface area contributed by atoms with Crippen LogP contribution in [0, 0.1) is 0 Å². The highest BCUT2D eigenvalue weighted by atomic mass is 32.2. The summed E-state index contributed by atoms with van der Waals surface area (Å²) in [5.74, 6) is -3.47. The molecule has 0 saturated carbocycles. The molecule has 2 aliphatic rings. The number of nitrogens with zero attached hydrogens (tertiary/aromatic N) is 8. The van der Waals surface area contributed by atoms with Crippen LogP contribution in [0.2, 0.25) is 0 Å². The van der Waals surface area contributed by atoms with Gasteiger partial charge in [-0.1, -0.05) is 16.9 Å². The number of halogens is 3. The normalized spacial score (nSPS) is 18.5. The van der Waals surface area contributed by atoms with Gasteiger partial charge in [0, 0.05) is 29.6 Å². The molecule has 0 spiro atoms. The van der Waals surface area contributed by atoms with Crippen LogP contribution in [-0.4, -0.2) is 117 Å². The number of oxime groups is 1. The zero-order valence-corrected chi connectivity index (χ0v) is 26.6. The molecule has 0 bridgehead atoms. The van der Waals surface area contributed by atoms with Gasteiger partial charge in [0.25, 0.3) is 11.8 Å². The van der Waals surface area contributed by atoms with Crippen molar-refractivity contribution in [2.45, 2.75) is 55.7 Å². The van der Waals surface area contributed by atoms with Gasteiger partial charge in [-0.3, -0.25) is 14.5 Å². The van der Waals surface area contributed by atoms with Crippen LogP contribution in [-0.2, 0) is 30.5 Å². The Bertz CT molecular complexity index is 1560. The first-order valence-corrected chi connectivity index (χ1v) is 15.8. The fourth-order valence-electron chi connectivity index (χ4n) is 3.86. The monoisotopic (exact) mass is 709 g/mol. The number of nitrogen functional groups attached to an aromatic ring is 1. The SMILES string of the molecule is CC(C)(C)OC(=O)NCCn1nnnc1SCC1=C(C(=O)O)N2C(=O)C(NC(=O)C(=NOCC(F)(F)F)c3nsc(N)n3)[C@@H]2SC1. The lowest BCUT2D eigenvalue weighted by Gasteiger charge is -2.49. The van der Waals surface area contributed by atoms with Gasteiger partial charge in [-0.15, -0.1) is 16.9 Å². The molecule has 2 aliphatic heterocycles. The van der Waals surface area contributed by atoms with Crippen LogP contribution in [0.4, 0.5) is 23.1 Å². The Labute approximate surface area is 269 Å². The smallest absolute Gasteiger partial charge is 0.425 e. The summed E-state index contributed by atoms with van der Waals surface area (Å²) in [6, 6.07) is -1.24. The van der Waals surface area contributed by atoms with Gasteiger partial charge in [0.05, 0.1) is 6.54 Å². The molecule has 1 fully saturated rings. The van der Waals surface area contributed by atoms with E-state index in [1.54, 1.807) is 20.8 Å². The highest BCUT2D eigenvalue weighted by molar-refractivity contribution is 8.01. The maximum absolute atomic E-state index is 13.1. The third-order valence-electron chi connectivity index (χ3n) is 5.66. The maximum Gasteiger partial charge on any atom is 0.425 e. The number of rotatable bonds is 12. The zero-order valence-electron chi connectivity index (χ0n) is 24.1. The molecule has 2 atom stereocenters. The molecule has 0 aliphatic carbocycles. The molecular weight excluding hydrogens is 684 g/mol.